The summed E-state index contributed by atoms with van der Waals surface area (Å²) in [6.45, 7) is 5.23. The first-order valence-electron chi connectivity index (χ1n) is 8.05. The van der Waals surface area contributed by atoms with Crippen molar-refractivity contribution in [3.05, 3.63) is 35.4 Å². The number of nitrogens with two attached hydrogens (primary N) is 1. The minimum Gasteiger partial charge on any atom is -0.381 e. The molecule has 1 aliphatic heterocycles. The van der Waals surface area contributed by atoms with Gasteiger partial charge in [0.1, 0.15) is 0 Å². The van der Waals surface area contributed by atoms with Crippen molar-refractivity contribution in [2.45, 2.75) is 44.3 Å². The molecule has 24 heavy (non-hydrogen) atoms. The molecule has 2 rings (SSSR count). The Kier molecular flexibility index (Phi) is 5.74. The summed E-state index contributed by atoms with van der Waals surface area (Å²) >= 11 is 0. The predicted octanol–water partition coefficient (Wildman–Crippen LogP) is 3.07. The summed E-state index contributed by atoms with van der Waals surface area (Å²) in [5, 5.41) is 3.00. The van der Waals surface area contributed by atoms with Crippen molar-refractivity contribution < 1.29 is 17.9 Å². The Morgan fingerprint density at radius 3 is 2.58 bits per heavy atom. The molecule has 0 aliphatic carbocycles. The van der Waals surface area contributed by atoms with Gasteiger partial charge in [0, 0.05) is 24.7 Å². The van der Waals surface area contributed by atoms with Crippen LogP contribution in [-0.4, -0.2) is 31.8 Å². The highest BCUT2D eigenvalue weighted by Crippen LogP contribution is 2.38. The molecule has 0 saturated carbocycles. The van der Waals surface area contributed by atoms with E-state index < -0.39 is 17.2 Å². The van der Waals surface area contributed by atoms with Crippen LogP contribution in [-0.2, 0) is 16.3 Å². The van der Waals surface area contributed by atoms with Crippen molar-refractivity contribution in [1.29, 1.82) is 0 Å². The molecular weight excluding hydrogens is 319 g/mol. The van der Waals surface area contributed by atoms with E-state index in [1.54, 1.807) is 6.07 Å². The van der Waals surface area contributed by atoms with Crippen molar-refractivity contribution in [1.82, 2.24) is 5.32 Å². The average Bonchev–Trinajstić information content (AvgIpc) is 2.53. The molecule has 1 fully saturated rings. The molecule has 0 aromatic heterocycles. The van der Waals surface area contributed by atoms with Gasteiger partial charge in [-0.3, -0.25) is 4.99 Å². The van der Waals surface area contributed by atoms with E-state index in [-0.39, 0.29) is 6.04 Å². The number of benzene rings is 1. The molecule has 0 bridgehead atoms. The number of hydrogen-bond donors (Lipinski definition) is 2. The third kappa shape index (κ3) is 4.63. The zero-order valence-corrected chi connectivity index (χ0v) is 14.0. The van der Waals surface area contributed by atoms with Crippen LogP contribution in [0, 0.1) is 0 Å². The van der Waals surface area contributed by atoms with E-state index in [9.17, 15) is 13.2 Å². The number of alkyl halides is 3. The number of guanidine groups is 1. The summed E-state index contributed by atoms with van der Waals surface area (Å²) < 4.78 is 44.5. The molecule has 0 spiro atoms. The SMILES string of the molecule is CC(C)NC(N)=NCC1(c2cccc(C(F)(F)F)c2)CCOCC1. The summed E-state index contributed by atoms with van der Waals surface area (Å²) in [7, 11) is 0. The molecule has 4 nitrogen and oxygen atoms in total. The van der Waals surface area contributed by atoms with Gasteiger partial charge in [0.25, 0.3) is 0 Å². The topological polar surface area (TPSA) is 59.6 Å². The third-order valence-electron chi connectivity index (χ3n) is 4.24. The highest BCUT2D eigenvalue weighted by atomic mass is 19.4. The van der Waals surface area contributed by atoms with Gasteiger partial charge in [0.15, 0.2) is 5.96 Å². The Hall–Kier alpha value is -1.76. The number of aliphatic imine (C=N–C) groups is 1. The fraction of sp³-hybridized carbons (Fsp3) is 0.588. The molecule has 1 aromatic rings. The Balaban J connectivity index is 2.31. The second-order valence-electron chi connectivity index (χ2n) is 6.47. The van der Waals surface area contributed by atoms with Gasteiger partial charge in [-0.1, -0.05) is 18.2 Å². The number of rotatable bonds is 4. The minimum absolute atomic E-state index is 0.146. The van der Waals surface area contributed by atoms with Crippen LogP contribution in [0.4, 0.5) is 13.2 Å². The fourth-order valence-electron chi connectivity index (χ4n) is 2.90. The highest BCUT2D eigenvalue weighted by Gasteiger charge is 2.37. The van der Waals surface area contributed by atoms with Crippen LogP contribution >= 0.6 is 0 Å². The van der Waals surface area contributed by atoms with Gasteiger partial charge in [0.05, 0.1) is 12.1 Å². The highest BCUT2D eigenvalue weighted by molar-refractivity contribution is 5.78. The minimum atomic E-state index is -4.36. The Morgan fingerprint density at radius 1 is 1.33 bits per heavy atom. The van der Waals surface area contributed by atoms with Crippen molar-refractivity contribution in [2.24, 2.45) is 10.7 Å². The standard InChI is InChI=1S/C17H24F3N3O/c1-12(2)23-15(21)22-11-16(6-8-24-9-7-16)13-4-3-5-14(10-13)17(18,19)20/h3-5,10,12H,6-9,11H2,1-2H3,(H3,21,22,23). The van der Waals surface area contributed by atoms with E-state index >= 15 is 0 Å². The molecule has 0 unspecified atom stereocenters. The molecule has 1 heterocycles. The number of nitrogens with zero attached hydrogens (tertiary/aromatic N) is 1. The second-order valence-corrected chi connectivity index (χ2v) is 6.47. The van der Waals surface area contributed by atoms with Crippen LogP contribution in [0.2, 0.25) is 0 Å². The summed E-state index contributed by atoms with van der Waals surface area (Å²) in [5.41, 5.74) is 5.38. The van der Waals surface area contributed by atoms with Gasteiger partial charge in [-0.15, -0.1) is 0 Å². The lowest BCUT2D eigenvalue weighted by Gasteiger charge is -2.37. The Labute approximate surface area is 140 Å². The lowest BCUT2D eigenvalue weighted by molar-refractivity contribution is -0.137. The number of hydrogen-bond acceptors (Lipinski definition) is 2. The molecular formula is C17H24F3N3O. The van der Waals surface area contributed by atoms with E-state index in [0.717, 1.165) is 6.07 Å². The maximum Gasteiger partial charge on any atom is 0.416 e. The van der Waals surface area contributed by atoms with Crippen LogP contribution in [0.5, 0.6) is 0 Å². The summed E-state index contributed by atoms with van der Waals surface area (Å²) in [6, 6.07) is 5.66. The lowest BCUT2D eigenvalue weighted by Crippen LogP contribution is -2.41. The number of ether oxygens (including phenoxy) is 1. The molecule has 0 amide bonds. The molecule has 1 saturated heterocycles. The largest absolute Gasteiger partial charge is 0.416 e. The van der Waals surface area contributed by atoms with E-state index in [1.807, 2.05) is 13.8 Å². The molecule has 1 aromatic carbocycles. The van der Waals surface area contributed by atoms with Gasteiger partial charge < -0.3 is 15.8 Å². The maximum absolute atomic E-state index is 13.0. The zero-order valence-electron chi connectivity index (χ0n) is 14.0. The first-order chi connectivity index (χ1) is 11.2. The quantitative estimate of drug-likeness (QED) is 0.652. The maximum atomic E-state index is 13.0. The Morgan fingerprint density at radius 2 is 2.00 bits per heavy atom. The van der Waals surface area contributed by atoms with Crippen molar-refractivity contribution in [3.63, 3.8) is 0 Å². The zero-order chi connectivity index (χ0) is 17.8. The second kappa shape index (κ2) is 7.42. The molecule has 7 heteroatoms. The number of nitrogens with one attached hydrogen (secondary N) is 1. The van der Waals surface area contributed by atoms with Gasteiger partial charge in [-0.25, -0.2) is 0 Å². The first kappa shape index (κ1) is 18.6. The molecule has 0 atom stereocenters. The number of halogens is 3. The van der Waals surface area contributed by atoms with E-state index in [2.05, 4.69) is 10.3 Å². The van der Waals surface area contributed by atoms with Gasteiger partial charge in [-0.05, 0) is 38.3 Å². The summed E-state index contributed by atoms with van der Waals surface area (Å²) in [6.07, 6.45) is -3.12. The third-order valence-corrected chi connectivity index (χ3v) is 4.24. The smallest absolute Gasteiger partial charge is 0.381 e. The molecule has 0 radical (unpaired) electrons. The molecule has 3 N–H and O–H groups in total. The summed E-state index contributed by atoms with van der Waals surface area (Å²) in [4.78, 5) is 4.37. The van der Waals surface area contributed by atoms with E-state index in [4.69, 9.17) is 10.5 Å². The molecule has 1 aliphatic rings. The van der Waals surface area contributed by atoms with Crippen LogP contribution in [0.15, 0.2) is 29.3 Å². The van der Waals surface area contributed by atoms with Crippen LogP contribution in [0.25, 0.3) is 0 Å². The van der Waals surface area contributed by atoms with Gasteiger partial charge in [-0.2, -0.15) is 13.2 Å². The Bertz CT molecular complexity index is 579. The van der Waals surface area contributed by atoms with Crippen molar-refractivity contribution in [3.8, 4) is 0 Å². The first-order valence-corrected chi connectivity index (χ1v) is 8.05. The van der Waals surface area contributed by atoms with Crippen molar-refractivity contribution in [2.75, 3.05) is 19.8 Å². The van der Waals surface area contributed by atoms with Gasteiger partial charge in [0.2, 0.25) is 0 Å². The van der Waals surface area contributed by atoms with Gasteiger partial charge >= 0.3 is 6.18 Å². The normalized spacial score (nSPS) is 18.7. The predicted molar refractivity (Wildman–Crippen MR) is 87.9 cm³/mol. The van der Waals surface area contributed by atoms with E-state index in [0.29, 0.717) is 44.1 Å². The van der Waals surface area contributed by atoms with Crippen LogP contribution < -0.4 is 11.1 Å². The lowest BCUT2D eigenvalue weighted by atomic mass is 9.74. The summed E-state index contributed by atoms with van der Waals surface area (Å²) in [5.74, 6) is 0.308. The van der Waals surface area contributed by atoms with Crippen LogP contribution in [0.3, 0.4) is 0 Å². The average molecular weight is 343 g/mol. The fourth-order valence-corrected chi connectivity index (χ4v) is 2.90. The van der Waals surface area contributed by atoms with E-state index in [1.165, 1.54) is 12.1 Å². The monoisotopic (exact) mass is 343 g/mol. The van der Waals surface area contributed by atoms with Crippen molar-refractivity contribution >= 4 is 5.96 Å². The molecule has 134 valence electrons. The van der Waals surface area contributed by atoms with Crippen LogP contribution in [0.1, 0.15) is 37.8 Å².